The Morgan fingerprint density at radius 1 is 1.03 bits per heavy atom. The molecule has 4 rings (SSSR count). The third-order valence-corrected chi connectivity index (χ3v) is 7.12. The van der Waals surface area contributed by atoms with Gasteiger partial charge in [0.05, 0.1) is 12.1 Å². The summed E-state index contributed by atoms with van der Waals surface area (Å²) in [6.07, 6.45) is 10.8. The second kappa shape index (κ2) is 12.4. The second-order valence-corrected chi connectivity index (χ2v) is 9.73. The molecule has 2 heterocycles. The van der Waals surface area contributed by atoms with Crippen LogP contribution in [0.4, 0.5) is 17.8 Å². The molecular formula is C25H38ClN7O. The van der Waals surface area contributed by atoms with Crippen LogP contribution in [0.5, 0.6) is 5.75 Å². The molecule has 34 heavy (non-hydrogen) atoms. The standard InChI is InChI=1S/C25H38ClN7O/c1-3-20(21-11-8-14-27-21)30-25-32-23(28-16-17-12-13-22(34-2)19(26)15-17)31-24(33-25)29-18-9-6-4-5-7-10-18/h12-13,15,18,20-21,27H,3-11,14,16H2,1-2H3,(H3,28,29,30,31,32,33). The van der Waals surface area contributed by atoms with Gasteiger partial charge in [-0.25, -0.2) is 0 Å². The Morgan fingerprint density at radius 2 is 1.79 bits per heavy atom. The lowest BCUT2D eigenvalue weighted by Gasteiger charge is -2.24. The lowest BCUT2D eigenvalue weighted by molar-refractivity contribution is 0.415. The second-order valence-electron chi connectivity index (χ2n) is 9.32. The van der Waals surface area contributed by atoms with Gasteiger partial charge in [0, 0.05) is 24.7 Å². The zero-order chi connectivity index (χ0) is 23.8. The van der Waals surface area contributed by atoms with Crippen LogP contribution in [0.1, 0.15) is 70.3 Å². The molecule has 4 N–H and O–H groups in total. The third-order valence-electron chi connectivity index (χ3n) is 6.83. The van der Waals surface area contributed by atoms with Gasteiger partial charge in [-0.2, -0.15) is 15.0 Å². The zero-order valence-corrected chi connectivity index (χ0v) is 21.1. The number of nitrogens with zero attached hydrogens (tertiary/aromatic N) is 3. The van der Waals surface area contributed by atoms with Gasteiger partial charge in [-0.3, -0.25) is 0 Å². The fourth-order valence-corrected chi connectivity index (χ4v) is 5.18. The predicted octanol–water partition coefficient (Wildman–Crippen LogP) is 5.22. The fourth-order valence-electron chi connectivity index (χ4n) is 4.90. The van der Waals surface area contributed by atoms with E-state index in [0.29, 0.717) is 47.2 Å². The molecule has 1 aliphatic carbocycles. The first-order valence-corrected chi connectivity index (χ1v) is 13.1. The minimum absolute atomic E-state index is 0.281. The average molecular weight is 488 g/mol. The Kier molecular flexibility index (Phi) is 9.04. The van der Waals surface area contributed by atoms with Crippen LogP contribution in [-0.4, -0.2) is 46.7 Å². The van der Waals surface area contributed by atoms with Crippen molar-refractivity contribution in [3.63, 3.8) is 0 Å². The molecule has 2 aromatic rings. The van der Waals surface area contributed by atoms with Gasteiger partial charge in [-0.15, -0.1) is 0 Å². The maximum absolute atomic E-state index is 6.30. The molecule has 2 atom stereocenters. The molecule has 9 heteroatoms. The number of benzene rings is 1. The van der Waals surface area contributed by atoms with E-state index in [1.807, 2.05) is 18.2 Å². The van der Waals surface area contributed by atoms with Gasteiger partial charge in [-0.1, -0.05) is 50.3 Å². The molecule has 2 aliphatic rings. The van der Waals surface area contributed by atoms with Crippen molar-refractivity contribution in [3.05, 3.63) is 28.8 Å². The minimum atomic E-state index is 0.281. The highest BCUT2D eigenvalue weighted by Gasteiger charge is 2.24. The Labute approximate surface area is 208 Å². The lowest BCUT2D eigenvalue weighted by atomic mass is 10.0. The number of hydrogen-bond donors (Lipinski definition) is 4. The fraction of sp³-hybridized carbons (Fsp3) is 0.640. The number of hydrogen-bond acceptors (Lipinski definition) is 8. The van der Waals surface area contributed by atoms with Crippen LogP contribution in [0.3, 0.4) is 0 Å². The number of methoxy groups -OCH3 is 1. The Bertz CT molecular complexity index is 914. The van der Waals surface area contributed by atoms with E-state index in [0.717, 1.165) is 31.4 Å². The molecule has 0 radical (unpaired) electrons. The SMILES string of the molecule is CCC(Nc1nc(NCc2ccc(OC)c(Cl)c2)nc(NC2CCCCCC2)n1)C1CCCN1. The first kappa shape index (κ1) is 24.8. The van der Waals surface area contributed by atoms with Crippen molar-refractivity contribution in [3.8, 4) is 5.75 Å². The van der Waals surface area contributed by atoms with E-state index in [4.69, 9.17) is 31.3 Å². The lowest BCUT2D eigenvalue weighted by Crippen LogP contribution is -2.40. The van der Waals surface area contributed by atoms with Gasteiger partial charge in [0.2, 0.25) is 17.8 Å². The smallest absolute Gasteiger partial charge is 0.229 e. The Morgan fingerprint density at radius 3 is 2.47 bits per heavy atom. The summed E-state index contributed by atoms with van der Waals surface area (Å²) in [5, 5.41) is 14.7. The largest absolute Gasteiger partial charge is 0.495 e. The van der Waals surface area contributed by atoms with E-state index in [-0.39, 0.29) is 6.04 Å². The van der Waals surface area contributed by atoms with Crippen LogP contribution in [0.25, 0.3) is 0 Å². The molecule has 2 unspecified atom stereocenters. The summed E-state index contributed by atoms with van der Waals surface area (Å²) in [5.74, 6) is 2.46. The molecular weight excluding hydrogens is 450 g/mol. The van der Waals surface area contributed by atoms with Crippen molar-refractivity contribution in [1.82, 2.24) is 20.3 Å². The number of ether oxygens (including phenoxy) is 1. The maximum atomic E-state index is 6.30. The summed E-state index contributed by atoms with van der Waals surface area (Å²) in [6.45, 7) is 3.83. The molecule has 186 valence electrons. The zero-order valence-electron chi connectivity index (χ0n) is 20.4. The summed E-state index contributed by atoms with van der Waals surface area (Å²) in [4.78, 5) is 14.2. The van der Waals surface area contributed by atoms with Crippen molar-refractivity contribution in [1.29, 1.82) is 0 Å². The summed E-state index contributed by atoms with van der Waals surface area (Å²) >= 11 is 6.30. The van der Waals surface area contributed by atoms with Gasteiger partial charge >= 0.3 is 0 Å². The van der Waals surface area contributed by atoms with Crippen molar-refractivity contribution >= 4 is 29.4 Å². The van der Waals surface area contributed by atoms with E-state index in [1.165, 1.54) is 38.5 Å². The van der Waals surface area contributed by atoms with Gasteiger partial charge < -0.3 is 26.0 Å². The molecule has 8 nitrogen and oxygen atoms in total. The highest BCUT2D eigenvalue weighted by molar-refractivity contribution is 6.32. The topological polar surface area (TPSA) is 96.0 Å². The number of rotatable bonds is 10. The third kappa shape index (κ3) is 6.85. The van der Waals surface area contributed by atoms with Crippen molar-refractivity contribution in [2.75, 3.05) is 29.6 Å². The molecule has 1 saturated heterocycles. The van der Waals surface area contributed by atoms with Crippen molar-refractivity contribution in [2.24, 2.45) is 0 Å². The maximum Gasteiger partial charge on any atom is 0.229 e. The number of nitrogens with one attached hydrogen (secondary N) is 4. The van der Waals surface area contributed by atoms with Crippen LogP contribution in [0, 0.1) is 0 Å². The Hall–Kier alpha value is -2.32. The normalized spacial score (nSPS) is 19.9. The van der Waals surface area contributed by atoms with Crippen LogP contribution >= 0.6 is 11.6 Å². The minimum Gasteiger partial charge on any atom is -0.495 e. The predicted molar refractivity (Wildman–Crippen MR) is 139 cm³/mol. The summed E-state index contributed by atoms with van der Waals surface area (Å²) in [5.41, 5.74) is 1.03. The van der Waals surface area contributed by atoms with E-state index in [1.54, 1.807) is 7.11 Å². The number of halogens is 1. The molecule has 1 aromatic carbocycles. The van der Waals surface area contributed by atoms with Crippen molar-refractivity contribution < 1.29 is 4.74 Å². The molecule has 1 saturated carbocycles. The highest BCUT2D eigenvalue weighted by atomic mass is 35.5. The van der Waals surface area contributed by atoms with E-state index < -0.39 is 0 Å². The summed E-state index contributed by atoms with van der Waals surface area (Å²) < 4.78 is 5.26. The first-order chi connectivity index (χ1) is 16.6. The molecule has 0 spiro atoms. The van der Waals surface area contributed by atoms with Crippen LogP contribution in [-0.2, 0) is 6.54 Å². The monoisotopic (exact) mass is 487 g/mol. The van der Waals surface area contributed by atoms with Crippen LogP contribution in [0.15, 0.2) is 18.2 Å². The molecule has 0 amide bonds. The average Bonchev–Trinajstić information content (AvgIpc) is 3.26. The molecule has 0 bridgehead atoms. The molecule has 2 fully saturated rings. The van der Waals surface area contributed by atoms with Gasteiger partial charge in [-0.05, 0) is 56.3 Å². The van der Waals surface area contributed by atoms with Gasteiger partial charge in [0.1, 0.15) is 5.75 Å². The summed E-state index contributed by atoms with van der Waals surface area (Å²) in [6, 6.07) is 6.89. The molecule has 1 aromatic heterocycles. The highest BCUT2D eigenvalue weighted by Crippen LogP contribution is 2.26. The quantitative estimate of drug-likeness (QED) is 0.338. The number of aromatic nitrogens is 3. The van der Waals surface area contributed by atoms with Gasteiger partial charge in [0.25, 0.3) is 0 Å². The Balaban J connectivity index is 1.50. The van der Waals surface area contributed by atoms with Gasteiger partial charge in [0.15, 0.2) is 0 Å². The van der Waals surface area contributed by atoms with E-state index in [2.05, 4.69) is 28.2 Å². The van der Waals surface area contributed by atoms with Crippen molar-refractivity contribution in [2.45, 2.75) is 89.4 Å². The molecule has 1 aliphatic heterocycles. The number of anilines is 3. The van der Waals surface area contributed by atoms with Crippen LogP contribution in [0.2, 0.25) is 5.02 Å². The van der Waals surface area contributed by atoms with E-state index in [9.17, 15) is 0 Å². The van der Waals surface area contributed by atoms with E-state index >= 15 is 0 Å². The summed E-state index contributed by atoms with van der Waals surface area (Å²) in [7, 11) is 1.62. The first-order valence-electron chi connectivity index (χ1n) is 12.7. The van der Waals surface area contributed by atoms with Crippen LogP contribution < -0.4 is 26.0 Å².